The fourth-order valence-corrected chi connectivity index (χ4v) is 1.84. The monoisotopic (exact) mass is 254 g/mol. The van der Waals surface area contributed by atoms with Crippen LogP contribution in [0.15, 0.2) is 54.6 Å². The van der Waals surface area contributed by atoms with Crippen LogP contribution in [0.4, 0.5) is 5.69 Å². The quantitative estimate of drug-likeness (QED) is 0.910. The van der Waals surface area contributed by atoms with Crippen molar-refractivity contribution in [1.29, 1.82) is 0 Å². The lowest BCUT2D eigenvalue weighted by molar-refractivity contribution is -0.126. The second kappa shape index (κ2) is 6.05. The van der Waals surface area contributed by atoms with E-state index in [1.165, 1.54) is 0 Å². The first-order valence-corrected chi connectivity index (χ1v) is 6.27. The summed E-state index contributed by atoms with van der Waals surface area (Å²) in [7, 11) is 3.51. The first-order valence-electron chi connectivity index (χ1n) is 6.27. The number of hydrogen-bond donors (Lipinski definition) is 1. The summed E-state index contributed by atoms with van der Waals surface area (Å²) in [6.07, 6.45) is 0. The number of likely N-dealkylation sites (N-methyl/N-ethyl adjacent to an activating group) is 1. The van der Waals surface area contributed by atoms with E-state index in [1.54, 1.807) is 19.0 Å². The Balaban J connectivity index is 2.20. The zero-order chi connectivity index (χ0) is 13.7. The molecule has 0 spiro atoms. The van der Waals surface area contributed by atoms with Gasteiger partial charge in [0, 0.05) is 25.3 Å². The van der Waals surface area contributed by atoms with Crippen LogP contribution in [0.2, 0.25) is 0 Å². The predicted molar refractivity (Wildman–Crippen MR) is 79.1 cm³/mol. The first kappa shape index (κ1) is 13.1. The highest BCUT2D eigenvalue weighted by atomic mass is 16.2. The van der Waals surface area contributed by atoms with Crippen molar-refractivity contribution >= 4 is 11.6 Å². The van der Waals surface area contributed by atoms with Crippen LogP contribution < -0.4 is 5.32 Å². The molecule has 3 heteroatoms. The smallest absolute Gasteiger partial charge is 0.241 e. The lowest BCUT2D eigenvalue weighted by atomic mass is 10.0. The van der Waals surface area contributed by atoms with Gasteiger partial charge >= 0.3 is 0 Å². The maximum atomic E-state index is 11.6. The molecule has 3 nitrogen and oxygen atoms in total. The third kappa shape index (κ3) is 3.35. The molecule has 0 atom stereocenters. The summed E-state index contributed by atoms with van der Waals surface area (Å²) in [6, 6.07) is 18.2. The molecule has 19 heavy (non-hydrogen) atoms. The van der Waals surface area contributed by atoms with Crippen LogP contribution in [-0.2, 0) is 4.79 Å². The minimum absolute atomic E-state index is 0.0582. The normalized spacial score (nSPS) is 10.0. The lowest BCUT2D eigenvalue weighted by Gasteiger charge is -2.14. The van der Waals surface area contributed by atoms with Crippen LogP contribution in [0.3, 0.4) is 0 Å². The van der Waals surface area contributed by atoms with Crippen molar-refractivity contribution in [2.45, 2.75) is 0 Å². The van der Waals surface area contributed by atoms with Crippen molar-refractivity contribution in [3.05, 3.63) is 54.6 Å². The third-order valence-corrected chi connectivity index (χ3v) is 2.94. The van der Waals surface area contributed by atoms with E-state index >= 15 is 0 Å². The van der Waals surface area contributed by atoms with Gasteiger partial charge in [-0.25, -0.2) is 0 Å². The summed E-state index contributed by atoms with van der Waals surface area (Å²) in [5.74, 6) is 0.0582. The Labute approximate surface area is 113 Å². The summed E-state index contributed by atoms with van der Waals surface area (Å²) in [6.45, 7) is 0.302. The summed E-state index contributed by atoms with van der Waals surface area (Å²) in [4.78, 5) is 13.2. The zero-order valence-electron chi connectivity index (χ0n) is 11.3. The average Bonchev–Trinajstić information content (AvgIpc) is 2.46. The van der Waals surface area contributed by atoms with Crippen LogP contribution in [0, 0.1) is 0 Å². The van der Waals surface area contributed by atoms with Gasteiger partial charge in [0.25, 0.3) is 0 Å². The van der Waals surface area contributed by atoms with Gasteiger partial charge in [0.05, 0.1) is 6.54 Å². The maximum absolute atomic E-state index is 11.6. The van der Waals surface area contributed by atoms with E-state index in [2.05, 4.69) is 23.5 Å². The van der Waals surface area contributed by atoms with Crippen LogP contribution in [0.25, 0.3) is 11.1 Å². The van der Waals surface area contributed by atoms with E-state index < -0.39 is 0 Å². The Morgan fingerprint density at radius 3 is 2.32 bits per heavy atom. The number of anilines is 1. The van der Waals surface area contributed by atoms with E-state index in [0.717, 1.165) is 16.8 Å². The Morgan fingerprint density at radius 2 is 1.63 bits per heavy atom. The number of amides is 1. The van der Waals surface area contributed by atoms with Gasteiger partial charge in [-0.15, -0.1) is 0 Å². The number of benzene rings is 2. The van der Waals surface area contributed by atoms with Crippen LogP contribution in [0.1, 0.15) is 0 Å². The van der Waals surface area contributed by atoms with Crippen molar-refractivity contribution in [3.8, 4) is 11.1 Å². The third-order valence-electron chi connectivity index (χ3n) is 2.94. The SMILES string of the molecule is CN(C)C(=O)CNc1ccccc1-c1ccccc1. The van der Waals surface area contributed by atoms with E-state index in [1.807, 2.05) is 36.4 Å². The topological polar surface area (TPSA) is 32.3 Å². The molecule has 0 bridgehead atoms. The molecule has 0 aliphatic rings. The predicted octanol–water partition coefficient (Wildman–Crippen LogP) is 2.85. The molecule has 0 aromatic heterocycles. The Morgan fingerprint density at radius 1 is 1.00 bits per heavy atom. The summed E-state index contributed by atoms with van der Waals surface area (Å²) >= 11 is 0. The van der Waals surface area contributed by atoms with Crippen molar-refractivity contribution in [2.24, 2.45) is 0 Å². The largest absolute Gasteiger partial charge is 0.376 e. The van der Waals surface area contributed by atoms with E-state index in [-0.39, 0.29) is 5.91 Å². The molecular formula is C16H18N2O. The van der Waals surface area contributed by atoms with Gasteiger partial charge in [-0.3, -0.25) is 4.79 Å². The van der Waals surface area contributed by atoms with Gasteiger partial charge in [-0.05, 0) is 11.6 Å². The van der Waals surface area contributed by atoms with Crippen LogP contribution >= 0.6 is 0 Å². The first-order chi connectivity index (χ1) is 9.18. The van der Waals surface area contributed by atoms with Gasteiger partial charge in [-0.2, -0.15) is 0 Å². The number of hydrogen-bond acceptors (Lipinski definition) is 2. The van der Waals surface area contributed by atoms with E-state index in [0.29, 0.717) is 6.54 Å². The molecule has 2 aromatic carbocycles. The van der Waals surface area contributed by atoms with Gasteiger partial charge in [0.15, 0.2) is 0 Å². The number of carbonyl (C=O) groups excluding carboxylic acids is 1. The van der Waals surface area contributed by atoms with E-state index in [9.17, 15) is 4.79 Å². The second-order valence-electron chi connectivity index (χ2n) is 4.55. The minimum atomic E-state index is 0.0582. The standard InChI is InChI=1S/C16H18N2O/c1-18(2)16(19)12-17-15-11-7-6-10-14(15)13-8-4-3-5-9-13/h3-11,17H,12H2,1-2H3. The molecule has 0 aliphatic carbocycles. The van der Waals surface area contributed by atoms with Crippen molar-refractivity contribution in [1.82, 2.24) is 4.90 Å². The number of nitrogens with one attached hydrogen (secondary N) is 1. The Bertz CT molecular complexity index is 550. The number of rotatable bonds is 4. The molecule has 2 aromatic rings. The van der Waals surface area contributed by atoms with Crippen molar-refractivity contribution in [3.63, 3.8) is 0 Å². The highest BCUT2D eigenvalue weighted by Crippen LogP contribution is 2.27. The molecular weight excluding hydrogens is 236 g/mol. The van der Waals surface area contributed by atoms with E-state index in [4.69, 9.17) is 0 Å². The molecule has 0 aliphatic heterocycles. The molecule has 0 unspecified atom stereocenters. The molecule has 0 saturated heterocycles. The number of para-hydroxylation sites is 1. The fraction of sp³-hybridized carbons (Fsp3) is 0.188. The highest BCUT2D eigenvalue weighted by Gasteiger charge is 2.07. The Hall–Kier alpha value is -2.29. The van der Waals surface area contributed by atoms with Gasteiger partial charge < -0.3 is 10.2 Å². The summed E-state index contributed by atoms with van der Waals surface area (Å²) in [5.41, 5.74) is 3.22. The van der Waals surface area contributed by atoms with Crippen LogP contribution in [0.5, 0.6) is 0 Å². The average molecular weight is 254 g/mol. The molecule has 1 amide bonds. The summed E-state index contributed by atoms with van der Waals surface area (Å²) < 4.78 is 0. The van der Waals surface area contributed by atoms with Crippen molar-refractivity contribution in [2.75, 3.05) is 26.0 Å². The fourth-order valence-electron chi connectivity index (χ4n) is 1.84. The molecule has 0 radical (unpaired) electrons. The second-order valence-corrected chi connectivity index (χ2v) is 4.55. The van der Waals surface area contributed by atoms with Crippen LogP contribution in [-0.4, -0.2) is 31.4 Å². The van der Waals surface area contributed by atoms with Crippen molar-refractivity contribution < 1.29 is 4.79 Å². The maximum Gasteiger partial charge on any atom is 0.241 e. The van der Waals surface area contributed by atoms with Gasteiger partial charge in [0.2, 0.25) is 5.91 Å². The molecule has 1 N–H and O–H groups in total. The van der Waals surface area contributed by atoms with Gasteiger partial charge in [-0.1, -0.05) is 48.5 Å². The number of nitrogens with zero attached hydrogens (tertiary/aromatic N) is 1. The minimum Gasteiger partial charge on any atom is -0.376 e. The highest BCUT2D eigenvalue weighted by molar-refractivity contribution is 5.84. The molecule has 98 valence electrons. The molecule has 0 fully saturated rings. The van der Waals surface area contributed by atoms with Gasteiger partial charge in [0.1, 0.15) is 0 Å². The lowest BCUT2D eigenvalue weighted by Crippen LogP contribution is -2.28. The zero-order valence-corrected chi connectivity index (χ0v) is 11.3. The molecule has 0 saturated carbocycles. The Kier molecular flexibility index (Phi) is 4.18. The summed E-state index contributed by atoms with van der Waals surface area (Å²) in [5, 5.41) is 3.20. The molecule has 2 rings (SSSR count). The number of carbonyl (C=O) groups is 1. The molecule has 0 heterocycles.